The summed E-state index contributed by atoms with van der Waals surface area (Å²) in [4.78, 5) is 19.6. The fraction of sp³-hybridized carbons (Fsp3) is 0.619. The lowest BCUT2D eigenvalue weighted by atomic mass is 9.86. The first-order valence-corrected chi connectivity index (χ1v) is 10.3. The van der Waals surface area contributed by atoms with Crippen molar-refractivity contribution in [3.63, 3.8) is 0 Å². The molecule has 1 saturated carbocycles. The van der Waals surface area contributed by atoms with Crippen LogP contribution in [-0.2, 0) is 4.74 Å². The van der Waals surface area contributed by atoms with Crippen molar-refractivity contribution in [2.24, 2.45) is 0 Å². The van der Waals surface area contributed by atoms with Crippen molar-refractivity contribution in [1.82, 2.24) is 19.8 Å². The Morgan fingerprint density at radius 2 is 2.07 bits per heavy atom. The first-order valence-electron chi connectivity index (χ1n) is 10.3. The summed E-state index contributed by atoms with van der Waals surface area (Å²) in [7, 11) is 0. The number of carbonyl (C=O) groups is 1. The summed E-state index contributed by atoms with van der Waals surface area (Å²) in [6.07, 6.45) is 4.03. The zero-order chi connectivity index (χ0) is 19.7. The highest BCUT2D eigenvalue weighted by atomic mass is 16.5. The molecule has 0 bridgehead atoms. The van der Waals surface area contributed by atoms with E-state index in [9.17, 15) is 9.90 Å². The van der Waals surface area contributed by atoms with Crippen LogP contribution in [0, 0.1) is 0 Å². The van der Waals surface area contributed by atoms with Gasteiger partial charge in [-0.05, 0) is 51.3 Å². The molecule has 28 heavy (non-hydrogen) atoms. The van der Waals surface area contributed by atoms with Gasteiger partial charge in [0.25, 0.3) is 5.91 Å². The molecule has 1 aromatic heterocycles. The minimum atomic E-state index is -0.556. The topological polar surface area (TPSA) is 79.6 Å². The fourth-order valence-electron chi connectivity index (χ4n) is 4.46. The number of hydrogen-bond acceptors (Lipinski definition) is 5. The molecule has 4 rings (SSSR count). The third-order valence-corrected chi connectivity index (χ3v) is 6.05. The van der Waals surface area contributed by atoms with Gasteiger partial charge in [0.2, 0.25) is 0 Å². The summed E-state index contributed by atoms with van der Waals surface area (Å²) >= 11 is 0. The van der Waals surface area contributed by atoms with Gasteiger partial charge in [-0.3, -0.25) is 9.69 Å². The number of aromatic nitrogens is 2. The summed E-state index contributed by atoms with van der Waals surface area (Å²) in [6, 6.07) is 5.81. The SMILES string of the molecule is CC(C)n1cnc2cc(C(=O)N[C@@H]3CCC[C@@H](N4CCOCC4)[C@@H]3O)ccc21. The summed E-state index contributed by atoms with van der Waals surface area (Å²) in [5.41, 5.74) is 2.43. The van der Waals surface area contributed by atoms with Gasteiger partial charge in [-0.15, -0.1) is 0 Å². The molecule has 1 amide bonds. The van der Waals surface area contributed by atoms with Crippen molar-refractivity contribution in [3.8, 4) is 0 Å². The number of aliphatic hydroxyl groups is 1. The smallest absolute Gasteiger partial charge is 0.251 e. The third-order valence-electron chi connectivity index (χ3n) is 6.05. The van der Waals surface area contributed by atoms with Crippen LogP contribution in [0.3, 0.4) is 0 Å². The van der Waals surface area contributed by atoms with E-state index < -0.39 is 6.10 Å². The van der Waals surface area contributed by atoms with E-state index in [0.717, 1.165) is 43.4 Å². The molecule has 2 aromatic rings. The summed E-state index contributed by atoms with van der Waals surface area (Å²) in [5.74, 6) is -0.146. The van der Waals surface area contributed by atoms with E-state index >= 15 is 0 Å². The molecule has 7 nitrogen and oxygen atoms in total. The van der Waals surface area contributed by atoms with E-state index in [0.29, 0.717) is 24.8 Å². The number of amides is 1. The van der Waals surface area contributed by atoms with E-state index in [1.807, 2.05) is 24.5 Å². The molecule has 7 heteroatoms. The summed E-state index contributed by atoms with van der Waals surface area (Å²) < 4.78 is 7.52. The van der Waals surface area contributed by atoms with Crippen molar-refractivity contribution < 1.29 is 14.6 Å². The molecule has 3 atom stereocenters. The Morgan fingerprint density at radius 3 is 2.82 bits per heavy atom. The lowest BCUT2D eigenvalue weighted by Crippen LogP contribution is -2.58. The lowest BCUT2D eigenvalue weighted by Gasteiger charge is -2.43. The molecule has 0 spiro atoms. The molecule has 2 fully saturated rings. The highest BCUT2D eigenvalue weighted by molar-refractivity contribution is 5.97. The number of morpholine rings is 1. The Morgan fingerprint density at radius 1 is 1.29 bits per heavy atom. The van der Waals surface area contributed by atoms with E-state index in [4.69, 9.17) is 4.74 Å². The number of aliphatic hydroxyl groups excluding tert-OH is 1. The van der Waals surface area contributed by atoms with Crippen molar-refractivity contribution in [3.05, 3.63) is 30.1 Å². The number of imidazole rings is 1. The van der Waals surface area contributed by atoms with Gasteiger partial charge in [0.15, 0.2) is 0 Å². The Labute approximate surface area is 165 Å². The predicted octanol–water partition coefficient (Wildman–Crippen LogP) is 1.96. The quantitative estimate of drug-likeness (QED) is 0.840. The number of hydrogen-bond donors (Lipinski definition) is 2. The fourth-order valence-corrected chi connectivity index (χ4v) is 4.46. The molecule has 0 radical (unpaired) electrons. The monoisotopic (exact) mass is 386 g/mol. The highest BCUT2D eigenvalue weighted by Gasteiger charge is 2.36. The Hall–Kier alpha value is -1.96. The zero-order valence-corrected chi connectivity index (χ0v) is 16.7. The van der Waals surface area contributed by atoms with Gasteiger partial charge >= 0.3 is 0 Å². The minimum absolute atomic E-state index is 0.0900. The molecule has 1 saturated heterocycles. The van der Waals surface area contributed by atoms with Gasteiger partial charge < -0.3 is 19.7 Å². The number of rotatable bonds is 4. The number of nitrogens with zero attached hydrogens (tertiary/aromatic N) is 3. The van der Waals surface area contributed by atoms with Crippen molar-refractivity contribution in [1.29, 1.82) is 0 Å². The molecule has 1 aromatic carbocycles. The van der Waals surface area contributed by atoms with Crippen LogP contribution < -0.4 is 5.32 Å². The maximum absolute atomic E-state index is 12.8. The van der Waals surface area contributed by atoms with Crippen molar-refractivity contribution in [2.75, 3.05) is 26.3 Å². The second kappa shape index (κ2) is 8.19. The van der Waals surface area contributed by atoms with Crippen LogP contribution in [-0.4, -0.2) is 70.0 Å². The van der Waals surface area contributed by atoms with Gasteiger partial charge in [0.05, 0.1) is 42.7 Å². The van der Waals surface area contributed by atoms with Crippen LogP contribution in [0.1, 0.15) is 49.5 Å². The van der Waals surface area contributed by atoms with Crippen molar-refractivity contribution >= 4 is 16.9 Å². The van der Waals surface area contributed by atoms with Crippen LogP contribution in [0.25, 0.3) is 11.0 Å². The second-order valence-electron chi connectivity index (χ2n) is 8.17. The summed E-state index contributed by atoms with van der Waals surface area (Å²) in [5, 5.41) is 14.0. The number of fused-ring (bicyclic) bond motifs is 1. The minimum Gasteiger partial charge on any atom is -0.389 e. The number of carbonyl (C=O) groups excluding carboxylic acids is 1. The second-order valence-corrected chi connectivity index (χ2v) is 8.17. The van der Waals surface area contributed by atoms with E-state index in [1.165, 1.54) is 0 Å². The Bertz CT molecular complexity index is 828. The highest BCUT2D eigenvalue weighted by Crippen LogP contribution is 2.25. The van der Waals surface area contributed by atoms with E-state index in [-0.39, 0.29) is 18.0 Å². The van der Waals surface area contributed by atoms with Gasteiger partial charge in [0, 0.05) is 30.7 Å². The molecule has 2 aliphatic rings. The van der Waals surface area contributed by atoms with Crippen molar-refractivity contribution in [2.45, 2.75) is 57.3 Å². The summed E-state index contributed by atoms with van der Waals surface area (Å²) in [6.45, 7) is 7.33. The zero-order valence-electron chi connectivity index (χ0n) is 16.7. The average Bonchev–Trinajstić information content (AvgIpc) is 3.13. The standard InChI is InChI=1S/C21H30N4O3/c1-14(2)25-13-22-17-12-15(6-7-18(17)25)21(27)23-16-4-3-5-19(20(16)26)24-8-10-28-11-9-24/h6-7,12-14,16,19-20,26H,3-5,8-11H2,1-2H3,(H,23,27)/t16-,19-,20-/m1/s1. The van der Waals surface area contributed by atoms with Gasteiger partial charge in [-0.25, -0.2) is 4.98 Å². The van der Waals surface area contributed by atoms with Crippen LogP contribution in [0.5, 0.6) is 0 Å². The Kier molecular flexibility index (Phi) is 5.66. The number of nitrogens with one attached hydrogen (secondary N) is 1. The first kappa shape index (κ1) is 19.4. The third kappa shape index (κ3) is 3.79. The molecule has 2 heterocycles. The van der Waals surface area contributed by atoms with Crippen LogP contribution in [0.4, 0.5) is 0 Å². The maximum atomic E-state index is 12.8. The predicted molar refractivity (Wildman–Crippen MR) is 107 cm³/mol. The molecule has 1 aliphatic carbocycles. The molecular formula is C21H30N4O3. The number of ether oxygens (including phenoxy) is 1. The normalized spacial score (nSPS) is 26.6. The van der Waals surface area contributed by atoms with E-state index in [2.05, 4.69) is 33.6 Å². The van der Waals surface area contributed by atoms with Crippen LogP contribution in [0.15, 0.2) is 24.5 Å². The molecule has 1 aliphatic heterocycles. The van der Waals surface area contributed by atoms with Crippen LogP contribution in [0.2, 0.25) is 0 Å². The Balaban J connectivity index is 1.45. The first-order chi connectivity index (χ1) is 13.5. The molecular weight excluding hydrogens is 356 g/mol. The van der Waals surface area contributed by atoms with Gasteiger partial charge in [-0.1, -0.05) is 0 Å². The number of benzene rings is 1. The molecule has 2 N–H and O–H groups in total. The maximum Gasteiger partial charge on any atom is 0.251 e. The van der Waals surface area contributed by atoms with E-state index in [1.54, 1.807) is 0 Å². The molecule has 152 valence electrons. The average molecular weight is 386 g/mol. The van der Waals surface area contributed by atoms with Gasteiger partial charge in [0.1, 0.15) is 0 Å². The largest absolute Gasteiger partial charge is 0.389 e. The van der Waals surface area contributed by atoms with Crippen LogP contribution >= 0.6 is 0 Å². The molecule has 0 unspecified atom stereocenters. The lowest BCUT2D eigenvalue weighted by molar-refractivity contribution is -0.0459. The van der Waals surface area contributed by atoms with Gasteiger partial charge in [-0.2, -0.15) is 0 Å².